The average Bonchev–Trinajstić information content (AvgIpc) is 2.86. The summed E-state index contributed by atoms with van der Waals surface area (Å²) < 4.78 is 28.1. The molecule has 2 rings (SSSR count). The SMILES string of the molecule is O=C(O)c1nn[nH]c1C=Cc1ccc(OC(F)F)cc1. The first-order valence-corrected chi connectivity index (χ1v) is 5.43. The molecular weight excluding hydrogens is 272 g/mol. The summed E-state index contributed by atoms with van der Waals surface area (Å²) in [5.41, 5.74) is 0.724. The molecule has 8 heteroatoms. The Morgan fingerprint density at radius 3 is 2.60 bits per heavy atom. The van der Waals surface area contributed by atoms with Crippen molar-refractivity contribution in [3.63, 3.8) is 0 Å². The van der Waals surface area contributed by atoms with E-state index in [0.717, 1.165) is 0 Å². The number of rotatable bonds is 5. The predicted molar refractivity (Wildman–Crippen MR) is 65.3 cm³/mol. The lowest BCUT2D eigenvalue weighted by Gasteiger charge is -2.03. The lowest BCUT2D eigenvalue weighted by molar-refractivity contribution is -0.0498. The highest BCUT2D eigenvalue weighted by Crippen LogP contribution is 2.16. The fourth-order valence-electron chi connectivity index (χ4n) is 1.45. The molecule has 0 fully saturated rings. The van der Waals surface area contributed by atoms with Gasteiger partial charge in [-0.2, -0.15) is 8.78 Å². The van der Waals surface area contributed by atoms with Gasteiger partial charge in [0.2, 0.25) is 0 Å². The Morgan fingerprint density at radius 1 is 1.30 bits per heavy atom. The molecule has 0 amide bonds. The fraction of sp³-hybridized carbons (Fsp3) is 0.0833. The van der Waals surface area contributed by atoms with Gasteiger partial charge < -0.3 is 9.84 Å². The molecule has 0 saturated carbocycles. The number of carboxylic acid groups (broad SMARTS) is 1. The van der Waals surface area contributed by atoms with Gasteiger partial charge in [0.25, 0.3) is 0 Å². The lowest BCUT2D eigenvalue weighted by atomic mass is 10.2. The van der Waals surface area contributed by atoms with Crippen molar-refractivity contribution in [1.29, 1.82) is 0 Å². The quantitative estimate of drug-likeness (QED) is 0.877. The van der Waals surface area contributed by atoms with Gasteiger partial charge in [-0.3, -0.25) is 5.10 Å². The zero-order chi connectivity index (χ0) is 14.5. The van der Waals surface area contributed by atoms with Gasteiger partial charge in [0.1, 0.15) is 5.75 Å². The molecule has 2 aromatic rings. The molecule has 0 unspecified atom stereocenters. The molecule has 0 atom stereocenters. The van der Waals surface area contributed by atoms with E-state index in [9.17, 15) is 13.6 Å². The second-order valence-corrected chi connectivity index (χ2v) is 3.66. The minimum Gasteiger partial charge on any atom is -0.476 e. The second kappa shape index (κ2) is 5.91. The Morgan fingerprint density at radius 2 is 2.00 bits per heavy atom. The Hall–Kier alpha value is -2.77. The molecule has 0 bridgehead atoms. The third kappa shape index (κ3) is 3.37. The van der Waals surface area contributed by atoms with Crippen molar-refractivity contribution in [1.82, 2.24) is 15.4 Å². The summed E-state index contributed by atoms with van der Waals surface area (Å²) in [6.07, 6.45) is 3.07. The summed E-state index contributed by atoms with van der Waals surface area (Å²) in [6.45, 7) is -2.87. The number of halogens is 2. The van der Waals surface area contributed by atoms with Gasteiger partial charge in [0, 0.05) is 0 Å². The highest BCUT2D eigenvalue weighted by atomic mass is 19.3. The zero-order valence-electron chi connectivity index (χ0n) is 9.96. The predicted octanol–water partition coefficient (Wildman–Crippen LogP) is 2.27. The Kier molecular flexibility index (Phi) is 4.04. The van der Waals surface area contributed by atoms with Crippen LogP contribution in [0.1, 0.15) is 21.7 Å². The van der Waals surface area contributed by atoms with E-state index in [-0.39, 0.29) is 17.1 Å². The molecule has 1 aromatic carbocycles. The maximum atomic E-state index is 12.0. The van der Waals surface area contributed by atoms with Crippen LogP contribution >= 0.6 is 0 Å². The molecule has 1 aromatic heterocycles. The van der Waals surface area contributed by atoms with Crippen molar-refractivity contribution in [2.45, 2.75) is 6.61 Å². The van der Waals surface area contributed by atoms with Crippen LogP contribution in [0.2, 0.25) is 0 Å². The summed E-state index contributed by atoms with van der Waals surface area (Å²) in [5, 5.41) is 18.1. The number of benzene rings is 1. The molecule has 0 aliphatic heterocycles. The first kappa shape index (κ1) is 13.7. The second-order valence-electron chi connectivity index (χ2n) is 3.66. The Bertz CT molecular complexity index is 623. The number of hydrogen-bond donors (Lipinski definition) is 2. The average molecular weight is 281 g/mol. The normalized spacial score (nSPS) is 11.2. The zero-order valence-corrected chi connectivity index (χ0v) is 9.96. The molecular formula is C12H9F2N3O3. The number of carboxylic acids is 1. The van der Waals surface area contributed by atoms with Crippen LogP contribution in [0.3, 0.4) is 0 Å². The number of aromatic amines is 1. The van der Waals surface area contributed by atoms with Crippen LogP contribution in [0.4, 0.5) is 8.78 Å². The third-order valence-electron chi connectivity index (χ3n) is 2.33. The van der Waals surface area contributed by atoms with Gasteiger partial charge in [0.15, 0.2) is 5.69 Å². The maximum Gasteiger partial charge on any atom is 0.387 e. The van der Waals surface area contributed by atoms with Crippen molar-refractivity contribution in [3.05, 3.63) is 41.2 Å². The van der Waals surface area contributed by atoms with Gasteiger partial charge in [-0.1, -0.05) is 23.4 Å². The number of H-pyrrole nitrogens is 1. The van der Waals surface area contributed by atoms with Gasteiger partial charge in [0.05, 0.1) is 5.69 Å². The van der Waals surface area contributed by atoms with Crippen molar-refractivity contribution in [2.24, 2.45) is 0 Å². The molecule has 0 aliphatic carbocycles. The summed E-state index contributed by atoms with van der Waals surface area (Å²) in [7, 11) is 0. The first-order chi connectivity index (χ1) is 9.56. The molecule has 1 heterocycles. The highest BCUT2D eigenvalue weighted by molar-refractivity contribution is 5.90. The maximum absolute atomic E-state index is 12.0. The lowest BCUT2D eigenvalue weighted by Crippen LogP contribution is -2.01. The molecule has 0 aliphatic rings. The number of aromatic nitrogens is 3. The molecule has 104 valence electrons. The number of aromatic carboxylic acids is 1. The number of alkyl halides is 2. The van der Waals surface area contributed by atoms with Gasteiger partial charge in [-0.15, -0.1) is 5.10 Å². The van der Waals surface area contributed by atoms with Crippen LogP contribution in [-0.4, -0.2) is 33.1 Å². The summed E-state index contributed by atoms with van der Waals surface area (Å²) in [6, 6.07) is 5.88. The summed E-state index contributed by atoms with van der Waals surface area (Å²) in [5.74, 6) is -1.15. The van der Waals surface area contributed by atoms with E-state index in [1.165, 1.54) is 18.2 Å². The van der Waals surface area contributed by atoms with Crippen LogP contribution in [-0.2, 0) is 0 Å². The van der Waals surface area contributed by atoms with Gasteiger partial charge >= 0.3 is 12.6 Å². The Balaban J connectivity index is 2.11. The van der Waals surface area contributed by atoms with E-state index in [0.29, 0.717) is 5.56 Å². The summed E-state index contributed by atoms with van der Waals surface area (Å²) >= 11 is 0. The van der Waals surface area contributed by atoms with Crippen molar-refractivity contribution >= 4 is 18.1 Å². The standard InChI is InChI=1S/C12H9F2N3O3/c13-12(14)20-8-4-1-7(2-5-8)3-6-9-10(11(18)19)16-17-15-9/h1-6,12H,(H,18,19)(H,15,16,17). The topological polar surface area (TPSA) is 88.1 Å². The minimum absolute atomic E-state index is 0.0478. The van der Waals surface area contributed by atoms with E-state index < -0.39 is 12.6 Å². The van der Waals surface area contributed by atoms with Crippen LogP contribution < -0.4 is 4.74 Å². The van der Waals surface area contributed by atoms with Crippen LogP contribution in [0, 0.1) is 0 Å². The molecule has 20 heavy (non-hydrogen) atoms. The van der Waals surface area contributed by atoms with Crippen LogP contribution in [0.25, 0.3) is 12.2 Å². The smallest absolute Gasteiger partial charge is 0.387 e. The molecule has 2 N–H and O–H groups in total. The monoisotopic (exact) mass is 281 g/mol. The molecule has 0 radical (unpaired) electrons. The van der Waals surface area contributed by atoms with Gasteiger partial charge in [-0.25, -0.2) is 4.79 Å². The fourth-order valence-corrected chi connectivity index (χ4v) is 1.45. The molecule has 0 spiro atoms. The number of nitrogens with zero attached hydrogens (tertiary/aromatic N) is 2. The van der Waals surface area contributed by atoms with E-state index in [1.807, 2.05) is 0 Å². The van der Waals surface area contributed by atoms with Gasteiger partial charge in [-0.05, 0) is 23.8 Å². The van der Waals surface area contributed by atoms with E-state index in [2.05, 4.69) is 20.1 Å². The van der Waals surface area contributed by atoms with Crippen molar-refractivity contribution in [3.8, 4) is 5.75 Å². The van der Waals surface area contributed by atoms with Crippen molar-refractivity contribution in [2.75, 3.05) is 0 Å². The number of nitrogens with one attached hydrogen (secondary N) is 1. The third-order valence-corrected chi connectivity index (χ3v) is 2.33. The molecule has 6 nitrogen and oxygen atoms in total. The largest absolute Gasteiger partial charge is 0.476 e. The number of carbonyl (C=O) groups is 1. The van der Waals surface area contributed by atoms with Crippen molar-refractivity contribution < 1.29 is 23.4 Å². The van der Waals surface area contributed by atoms with Crippen LogP contribution in [0.15, 0.2) is 24.3 Å². The minimum atomic E-state index is -2.87. The summed E-state index contributed by atoms with van der Waals surface area (Å²) in [4.78, 5) is 10.8. The van der Waals surface area contributed by atoms with E-state index >= 15 is 0 Å². The number of ether oxygens (including phenoxy) is 1. The highest BCUT2D eigenvalue weighted by Gasteiger charge is 2.11. The van der Waals surface area contributed by atoms with Crippen LogP contribution in [0.5, 0.6) is 5.75 Å². The van der Waals surface area contributed by atoms with E-state index in [4.69, 9.17) is 5.11 Å². The first-order valence-electron chi connectivity index (χ1n) is 5.43. The Labute approximate surface area is 111 Å². The number of hydrogen-bond acceptors (Lipinski definition) is 4. The molecule has 0 saturated heterocycles. The van der Waals surface area contributed by atoms with E-state index in [1.54, 1.807) is 18.2 Å².